The van der Waals surface area contributed by atoms with Gasteiger partial charge in [0.25, 0.3) is 0 Å². The second kappa shape index (κ2) is 13.9. The summed E-state index contributed by atoms with van der Waals surface area (Å²) in [6, 6.07) is 78.9. The molecule has 0 atom stereocenters. The Morgan fingerprint density at radius 1 is 0.350 bits per heavy atom. The van der Waals surface area contributed by atoms with Crippen molar-refractivity contribution in [2.24, 2.45) is 0 Å². The van der Waals surface area contributed by atoms with E-state index < -0.39 is 0 Å². The summed E-state index contributed by atoms with van der Waals surface area (Å²) in [6.07, 6.45) is 0. The molecule has 3 heterocycles. The van der Waals surface area contributed by atoms with Crippen molar-refractivity contribution in [2.45, 2.75) is 6.54 Å². The Labute approximate surface area is 347 Å². The maximum Gasteiger partial charge on any atom is 0.202 e. The Balaban J connectivity index is 0.941. The van der Waals surface area contributed by atoms with E-state index in [0.717, 1.165) is 28.2 Å². The van der Waals surface area contributed by atoms with E-state index in [1.165, 1.54) is 76.8 Å². The van der Waals surface area contributed by atoms with Gasteiger partial charge in [-0.05, 0) is 106 Å². The zero-order chi connectivity index (χ0) is 39.6. The minimum Gasteiger partial charge on any atom is -0.409 e. The molecule has 0 N–H and O–H groups in total. The van der Waals surface area contributed by atoms with Gasteiger partial charge < -0.3 is 14.2 Å². The molecular formula is C56H38N4. The van der Waals surface area contributed by atoms with E-state index in [-0.39, 0.29) is 0 Å². The van der Waals surface area contributed by atoms with Crippen LogP contribution in [0.2, 0.25) is 0 Å². The lowest BCUT2D eigenvalue weighted by Crippen LogP contribution is -2.40. The van der Waals surface area contributed by atoms with Gasteiger partial charge in [-0.15, -0.1) is 0 Å². The van der Waals surface area contributed by atoms with E-state index in [1.54, 1.807) is 0 Å². The Bertz CT molecular complexity index is 3560. The predicted octanol–water partition coefficient (Wildman–Crippen LogP) is 13.3. The average molecular weight is 767 g/mol. The molecule has 12 aromatic rings. The van der Waals surface area contributed by atoms with Crippen LogP contribution in [-0.2, 0) is 6.54 Å². The highest BCUT2D eigenvalue weighted by atomic mass is 15.3. The minimum absolute atomic E-state index is 0.697. The third-order valence-corrected chi connectivity index (χ3v) is 12.1. The Kier molecular flexibility index (Phi) is 7.88. The Morgan fingerprint density at radius 3 is 1.53 bits per heavy atom. The largest absolute Gasteiger partial charge is 0.409 e. The van der Waals surface area contributed by atoms with E-state index in [1.807, 2.05) is 6.07 Å². The molecule has 0 aliphatic carbocycles. The summed E-state index contributed by atoms with van der Waals surface area (Å²) < 4.78 is 6.93. The molecule has 0 radical (unpaired) electrons. The summed E-state index contributed by atoms with van der Waals surface area (Å²) in [7, 11) is 0. The van der Waals surface area contributed by atoms with Gasteiger partial charge in [-0.2, -0.15) is 0 Å². The second-order valence-corrected chi connectivity index (χ2v) is 15.7. The van der Waals surface area contributed by atoms with Crippen molar-refractivity contribution in [1.82, 2.24) is 14.2 Å². The molecule has 282 valence electrons. The molecule has 0 saturated carbocycles. The maximum absolute atomic E-state index is 5.11. The van der Waals surface area contributed by atoms with Gasteiger partial charge in [0, 0.05) is 44.0 Å². The Hall–Kier alpha value is -7.95. The fourth-order valence-corrected chi connectivity index (χ4v) is 9.25. The monoisotopic (exact) mass is 766 g/mol. The van der Waals surface area contributed by atoms with Crippen LogP contribution in [0.1, 0.15) is 5.56 Å². The number of rotatable bonds is 7. The fraction of sp³-hybridized carbons (Fsp3) is 0.0179. The third-order valence-electron chi connectivity index (χ3n) is 12.1. The standard InChI is InChI=1S/C56H38N4/c1-4-14-38(15-5-1)37-58-56(36-51(57-58)39-16-6-2-7-17-39)44-25-24-41-33-46(29-26-40(41)32-44)60-53-23-13-11-21-48(53)50-35-43(28-31-55(50)60)42-27-30-54-49(34-42)47-20-10-12-22-52(47)59(54)45-18-8-3-9-19-45/h1-36H,37H2. The number of hydrogen-bond donors (Lipinski definition) is 0. The number of benzene rings is 9. The minimum atomic E-state index is 0.697. The van der Waals surface area contributed by atoms with Crippen molar-refractivity contribution in [3.05, 3.63) is 224 Å². The molecule has 0 amide bonds. The van der Waals surface area contributed by atoms with Gasteiger partial charge in [0.05, 0.1) is 22.1 Å². The highest BCUT2D eigenvalue weighted by Crippen LogP contribution is 2.39. The van der Waals surface area contributed by atoms with Crippen LogP contribution < -0.4 is 9.78 Å². The number of para-hydroxylation sites is 3. The number of nitrogens with zero attached hydrogens (tertiary/aromatic N) is 4. The summed E-state index contributed by atoms with van der Waals surface area (Å²) in [5.74, 6) is 0. The zero-order valence-corrected chi connectivity index (χ0v) is 32.8. The van der Waals surface area contributed by atoms with Crippen molar-refractivity contribution in [3.63, 3.8) is 0 Å². The van der Waals surface area contributed by atoms with Gasteiger partial charge in [-0.25, -0.2) is 0 Å². The molecule has 12 rings (SSSR count). The average Bonchev–Trinajstić information content (AvgIpc) is 3.99. The van der Waals surface area contributed by atoms with Gasteiger partial charge in [0.2, 0.25) is 5.69 Å². The number of aromatic nitrogens is 4. The van der Waals surface area contributed by atoms with Crippen LogP contribution in [-0.4, -0.2) is 9.13 Å². The highest BCUT2D eigenvalue weighted by Gasteiger charge is 2.18. The molecule has 0 unspecified atom stereocenters. The van der Waals surface area contributed by atoms with Crippen LogP contribution in [0.5, 0.6) is 0 Å². The van der Waals surface area contributed by atoms with Gasteiger partial charge in [0.15, 0.2) is 6.54 Å². The Morgan fingerprint density at radius 2 is 0.867 bits per heavy atom. The normalized spacial score (nSPS) is 11.7. The lowest BCUT2D eigenvalue weighted by molar-refractivity contribution is -0.736. The highest BCUT2D eigenvalue weighted by molar-refractivity contribution is 6.13. The van der Waals surface area contributed by atoms with Crippen molar-refractivity contribution >= 4 is 54.4 Å². The van der Waals surface area contributed by atoms with Crippen molar-refractivity contribution in [2.75, 3.05) is 0 Å². The summed E-state index contributed by atoms with van der Waals surface area (Å²) in [6.45, 7) is 0.697. The van der Waals surface area contributed by atoms with E-state index >= 15 is 0 Å². The first kappa shape index (κ1) is 34.1. The second-order valence-electron chi connectivity index (χ2n) is 15.7. The van der Waals surface area contributed by atoms with Crippen LogP contribution in [0.4, 0.5) is 0 Å². The van der Waals surface area contributed by atoms with Crippen LogP contribution >= 0.6 is 0 Å². The van der Waals surface area contributed by atoms with E-state index in [0.29, 0.717) is 6.54 Å². The van der Waals surface area contributed by atoms with Gasteiger partial charge in [-0.3, -0.25) is 4.68 Å². The molecule has 0 spiro atoms. The molecule has 0 saturated heterocycles. The molecule has 9 aromatic carbocycles. The molecule has 4 nitrogen and oxygen atoms in total. The van der Waals surface area contributed by atoms with Crippen molar-refractivity contribution < 1.29 is 4.68 Å². The molecular weight excluding hydrogens is 729 g/mol. The summed E-state index contributed by atoms with van der Waals surface area (Å²) >= 11 is 0. The summed E-state index contributed by atoms with van der Waals surface area (Å²) in [5.41, 5.74) is 15.1. The van der Waals surface area contributed by atoms with Gasteiger partial charge >= 0.3 is 0 Å². The first-order valence-electron chi connectivity index (χ1n) is 20.6. The quantitative estimate of drug-likeness (QED) is 0.148. The molecule has 3 aromatic heterocycles. The molecule has 0 fully saturated rings. The van der Waals surface area contributed by atoms with Crippen LogP contribution in [0.3, 0.4) is 0 Å². The molecule has 60 heavy (non-hydrogen) atoms. The summed E-state index contributed by atoms with van der Waals surface area (Å²) in [4.78, 5) is 0. The molecule has 0 aliphatic rings. The lowest BCUT2D eigenvalue weighted by atomic mass is 10.0. The van der Waals surface area contributed by atoms with E-state index in [2.05, 4.69) is 226 Å². The van der Waals surface area contributed by atoms with Crippen LogP contribution in [0, 0.1) is 0 Å². The van der Waals surface area contributed by atoms with Crippen molar-refractivity contribution in [1.29, 1.82) is 0 Å². The summed E-state index contributed by atoms with van der Waals surface area (Å²) in [5, 5.41) is 12.5. The molecule has 0 bridgehead atoms. The lowest BCUT2D eigenvalue weighted by Gasteiger charge is -2.11. The zero-order valence-electron chi connectivity index (χ0n) is 32.8. The van der Waals surface area contributed by atoms with E-state index in [9.17, 15) is 0 Å². The smallest absolute Gasteiger partial charge is 0.202 e. The van der Waals surface area contributed by atoms with Crippen molar-refractivity contribution in [3.8, 4) is 45.0 Å². The number of fused-ring (bicyclic) bond motifs is 7. The predicted molar refractivity (Wildman–Crippen MR) is 248 cm³/mol. The van der Waals surface area contributed by atoms with E-state index in [4.69, 9.17) is 5.10 Å². The van der Waals surface area contributed by atoms with Crippen LogP contribution in [0.15, 0.2) is 218 Å². The number of hydrogen-bond acceptors (Lipinski definition) is 0. The first-order chi connectivity index (χ1) is 29.7. The topological polar surface area (TPSA) is 27.8 Å². The fourth-order valence-electron chi connectivity index (χ4n) is 9.25. The van der Waals surface area contributed by atoms with Gasteiger partial charge in [-0.1, -0.05) is 145 Å². The molecule has 0 aliphatic heterocycles. The first-order valence-corrected chi connectivity index (χ1v) is 20.6. The molecule has 4 heteroatoms. The van der Waals surface area contributed by atoms with Crippen LogP contribution in [0.25, 0.3) is 99.4 Å². The SMILES string of the molecule is c1ccc(C[n+]2[n-]c(-c3ccccc3)cc2-c2ccc3cc(-n4c5ccccc5c5cc(-c6ccc7c(c6)c6ccccc6n7-c6ccccc6)ccc54)ccc3c2)cc1. The van der Waals surface area contributed by atoms with Gasteiger partial charge in [0.1, 0.15) is 0 Å². The maximum atomic E-state index is 5.11. The third kappa shape index (κ3) is 5.65.